The molecule has 2 amide bonds. The van der Waals surface area contributed by atoms with E-state index in [0.29, 0.717) is 30.7 Å². The van der Waals surface area contributed by atoms with Gasteiger partial charge in [-0.25, -0.2) is 0 Å². The Morgan fingerprint density at radius 3 is 2.51 bits per heavy atom. The number of aliphatic hydroxyl groups excluding tert-OH is 1. The van der Waals surface area contributed by atoms with Crippen molar-refractivity contribution in [2.24, 2.45) is 17.8 Å². The van der Waals surface area contributed by atoms with Gasteiger partial charge in [-0.15, -0.1) is 0 Å². The molecule has 2 fully saturated rings. The van der Waals surface area contributed by atoms with Gasteiger partial charge in [-0.3, -0.25) is 14.4 Å². The van der Waals surface area contributed by atoms with Crippen molar-refractivity contribution in [3.05, 3.63) is 48.6 Å². The van der Waals surface area contributed by atoms with Crippen molar-refractivity contribution in [3.8, 4) is 5.75 Å². The monoisotopic (exact) mass is 538 g/mol. The number of methoxy groups -OCH3 is 1. The third-order valence-electron chi connectivity index (χ3n) is 8.92. The van der Waals surface area contributed by atoms with Crippen molar-refractivity contribution < 1.29 is 33.7 Å². The number of allylic oxidation sites excluding steroid dienone is 1. The topological polar surface area (TPSA) is 106 Å². The minimum Gasteiger partial charge on any atom is -0.497 e. The summed E-state index contributed by atoms with van der Waals surface area (Å²) in [5, 5.41) is 10.5. The van der Waals surface area contributed by atoms with Crippen LogP contribution in [-0.2, 0) is 23.9 Å². The van der Waals surface area contributed by atoms with Crippen molar-refractivity contribution in [1.82, 2.24) is 4.90 Å². The number of anilines is 1. The first kappa shape index (κ1) is 27.4. The van der Waals surface area contributed by atoms with Gasteiger partial charge in [0.05, 0.1) is 37.9 Å². The molecular weight excluding hydrogens is 500 g/mol. The summed E-state index contributed by atoms with van der Waals surface area (Å²) in [4.78, 5) is 45.7. The molecular formula is C30H38N2O7. The van der Waals surface area contributed by atoms with Gasteiger partial charge in [-0.2, -0.15) is 0 Å². The molecule has 0 aliphatic carbocycles. The minimum atomic E-state index is -1.40. The lowest BCUT2D eigenvalue weighted by Crippen LogP contribution is -2.60. The van der Waals surface area contributed by atoms with Crippen LogP contribution in [0.2, 0.25) is 0 Å². The van der Waals surface area contributed by atoms with Gasteiger partial charge in [0.15, 0.2) is 0 Å². The quantitative estimate of drug-likeness (QED) is 0.439. The van der Waals surface area contributed by atoms with E-state index in [2.05, 4.69) is 0 Å². The molecule has 9 nitrogen and oxygen atoms in total. The van der Waals surface area contributed by atoms with E-state index in [9.17, 15) is 19.5 Å². The number of esters is 1. The Bertz CT molecular complexity index is 1180. The van der Waals surface area contributed by atoms with Crippen molar-refractivity contribution in [2.75, 3.05) is 31.8 Å². The highest BCUT2D eigenvalue weighted by Crippen LogP contribution is 2.58. The predicted molar refractivity (Wildman–Crippen MR) is 144 cm³/mol. The molecule has 1 spiro atoms. The first-order valence-electron chi connectivity index (χ1n) is 13.8. The molecule has 0 aromatic heterocycles. The fourth-order valence-electron chi connectivity index (χ4n) is 6.74. The van der Waals surface area contributed by atoms with Gasteiger partial charge in [-0.1, -0.05) is 44.6 Å². The van der Waals surface area contributed by atoms with E-state index in [0.717, 1.165) is 0 Å². The van der Waals surface area contributed by atoms with Crippen LogP contribution in [0.25, 0.3) is 0 Å². The highest BCUT2D eigenvalue weighted by atomic mass is 16.6. The number of fused-ring (bicyclic) bond motifs is 2. The van der Waals surface area contributed by atoms with Crippen LogP contribution in [0.15, 0.2) is 48.6 Å². The van der Waals surface area contributed by atoms with E-state index in [1.807, 2.05) is 32.1 Å². The number of carbonyl (C=O) groups excluding carboxylic acids is 3. The average Bonchev–Trinajstić information content (AvgIpc) is 3.28. The van der Waals surface area contributed by atoms with Gasteiger partial charge in [0.2, 0.25) is 5.91 Å². The van der Waals surface area contributed by atoms with E-state index in [1.54, 1.807) is 49.3 Å². The van der Waals surface area contributed by atoms with Crippen molar-refractivity contribution in [3.63, 3.8) is 0 Å². The molecule has 4 aliphatic rings. The van der Waals surface area contributed by atoms with E-state index in [4.69, 9.17) is 14.2 Å². The number of amides is 2. The summed E-state index contributed by atoms with van der Waals surface area (Å²) >= 11 is 0. The van der Waals surface area contributed by atoms with Crippen LogP contribution in [0, 0.1) is 17.8 Å². The number of hydrogen-bond acceptors (Lipinski definition) is 7. The molecule has 7 atom stereocenters. The first-order chi connectivity index (χ1) is 18.7. The van der Waals surface area contributed by atoms with Crippen molar-refractivity contribution in [1.29, 1.82) is 0 Å². The molecule has 1 unspecified atom stereocenters. The average molecular weight is 539 g/mol. The van der Waals surface area contributed by atoms with E-state index in [1.165, 1.54) is 4.90 Å². The van der Waals surface area contributed by atoms with Crippen LogP contribution in [0.5, 0.6) is 5.75 Å². The standard InChI is InChI=1S/C30H38N2O7/c1-5-19(2)22(18-33)32-25-27(35)31(20-10-12-21(37-4)13-11-20)16-9-15-30(25)23(26(32)34)24-28(36)38-17-8-6-7-14-29(24,3)39-30/h7,9-15,19,22-25,33H,5-6,8,16-18H2,1-4H3/b14-7-/t19-,22-,23-,24-,25?,29+,30-/m0/s1. The summed E-state index contributed by atoms with van der Waals surface area (Å²) in [5.74, 6) is -2.54. The van der Waals surface area contributed by atoms with Gasteiger partial charge < -0.3 is 29.1 Å². The van der Waals surface area contributed by atoms with Gasteiger partial charge in [0.25, 0.3) is 5.91 Å². The van der Waals surface area contributed by atoms with Crippen LogP contribution in [0.3, 0.4) is 0 Å². The number of carbonyl (C=O) groups is 3. The Morgan fingerprint density at radius 2 is 1.85 bits per heavy atom. The van der Waals surface area contributed by atoms with Crippen molar-refractivity contribution >= 4 is 23.5 Å². The maximum absolute atomic E-state index is 14.6. The lowest BCUT2D eigenvalue weighted by atomic mass is 9.74. The third kappa shape index (κ3) is 4.26. The summed E-state index contributed by atoms with van der Waals surface area (Å²) in [7, 11) is 1.58. The van der Waals surface area contributed by atoms with Gasteiger partial charge in [-0.05, 0) is 49.9 Å². The van der Waals surface area contributed by atoms with E-state index < -0.39 is 41.1 Å². The van der Waals surface area contributed by atoms with Gasteiger partial charge >= 0.3 is 5.97 Å². The number of benzene rings is 1. The Kier molecular flexibility index (Phi) is 7.33. The fraction of sp³-hybridized carbons (Fsp3) is 0.567. The lowest BCUT2D eigenvalue weighted by Gasteiger charge is -2.41. The molecule has 1 N–H and O–H groups in total. The number of nitrogens with zero attached hydrogens (tertiary/aromatic N) is 2. The first-order valence-corrected chi connectivity index (χ1v) is 13.8. The molecule has 1 aromatic carbocycles. The number of ether oxygens (including phenoxy) is 3. The Balaban J connectivity index is 1.67. The molecule has 0 radical (unpaired) electrons. The van der Waals surface area contributed by atoms with Crippen LogP contribution in [-0.4, -0.2) is 77.9 Å². The molecule has 4 heterocycles. The fourth-order valence-corrected chi connectivity index (χ4v) is 6.74. The summed E-state index contributed by atoms with van der Waals surface area (Å²) in [6, 6.07) is 5.46. The molecule has 5 rings (SSSR count). The SMILES string of the molecule is CC[C@H](C)[C@H](CO)N1C(=O)[C@@H]2[C@H]3C(=O)OCCC/C=C\[C@@]3(C)O[C@@]23C=CCN(c2ccc(OC)cc2)C(=O)C13. The van der Waals surface area contributed by atoms with E-state index in [-0.39, 0.29) is 37.5 Å². The van der Waals surface area contributed by atoms with E-state index >= 15 is 0 Å². The lowest BCUT2D eigenvalue weighted by molar-refractivity contribution is -0.160. The molecule has 1 aromatic rings. The number of hydrogen-bond donors (Lipinski definition) is 1. The number of rotatable bonds is 6. The number of aliphatic hydroxyl groups is 1. The number of likely N-dealkylation sites (tertiary alicyclic amines) is 1. The van der Waals surface area contributed by atoms with Crippen LogP contribution in [0.1, 0.15) is 40.0 Å². The maximum Gasteiger partial charge on any atom is 0.313 e. The van der Waals surface area contributed by atoms with Crippen LogP contribution in [0.4, 0.5) is 5.69 Å². The Labute approximate surface area is 229 Å². The zero-order valence-corrected chi connectivity index (χ0v) is 23.0. The summed E-state index contributed by atoms with van der Waals surface area (Å²) in [6.45, 7) is 5.93. The van der Waals surface area contributed by atoms with Gasteiger partial charge in [0.1, 0.15) is 23.3 Å². The van der Waals surface area contributed by atoms with Crippen LogP contribution < -0.4 is 9.64 Å². The molecule has 0 saturated carbocycles. The third-order valence-corrected chi connectivity index (χ3v) is 8.92. The number of cyclic esters (lactones) is 1. The van der Waals surface area contributed by atoms with Crippen molar-refractivity contribution in [2.45, 2.75) is 63.3 Å². The second-order valence-electron chi connectivity index (χ2n) is 11.1. The Morgan fingerprint density at radius 1 is 1.10 bits per heavy atom. The molecule has 0 bridgehead atoms. The summed E-state index contributed by atoms with van der Waals surface area (Å²) in [6.07, 6.45) is 9.54. The summed E-state index contributed by atoms with van der Waals surface area (Å²) < 4.78 is 17.7. The zero-order valence-electron chi connectivity index (χ0n) is 23.0. The predicted octanol–water partition coefficient (Wildman–Crippen LogP) is 2.87. The Hall–Kier alpha value is -3.17. The second-order valence-corrected chi connectivity index (χ2v) is 11.1. The van der Waals surface area contributed by atoms with Crippen LogP contribution >= 0.6 is 0 Å². The highest BCUT2D eigenvalue weighted by molar-refractivity contribution is 6.05. The smallest absolute Gasteiger partial charge is 0.313 e. The maximum atomic E-state index is 14.6. The molecule has 9 heteroatoms. The molecule has 2 saturated heterocycles. The van der Waals surface area contributed by atoms with Gasteiger partial charge in [0, 0.05) is 12.2 Å². The largest absolute Gasteiger partial charge is 0.497 e. The summed E-state index contributed by atoms with van der Waals surface area (Å²) in [5.41, 5.74) is -1.90. The highest BCUT2D eigenvalue weighted by Gasteiger charge is 2.75. The molecule has 210 valence electrons. The normalized spacial score (nSPS) is 34.6. The zero-order chi connectivity index (χ0) is 27.9. The second kappa shape index (κ2) is 10.4. The minimum absolute atomic E-state index is 0.0944. The molecule has 4 aliphatic heterocycles. The molecule has 39 heavy (non-hydrogen) atoms.